The average Bonchev–Trinajstić information content (AvgIpc) is 3.21. The number of rotatable bonds is 7. The number of aliphatic imine (C=N–C) groups is 1. The van der Waals surface area contributed by atoms with Gasteiger partial charge in [0.15, 0.2) is 11.6 Å². The van der Waals surface area contributed by atoms with Gasteiger partial charge in [-0.15, -0.1) is 45.5 Å². The van der Waals surface area contributed by atoms with Gasteiger partial charge in [-0.3, -0.25) is 9.39 Å². The van der Waals surface area contributed by atoms with Crippen LogP contribution in [0.1, 0.15) is 17.1 Å². The summed E-state index contributed by atoms with van der Waals surface area (Å²) in [5, 5.41) is 13.6. The van der Waals surface area contributed by atoms with E-state index in [0.29, 0.717) is 12.5 Å². The van der Waals surface area contributed by atoms with Crippen LogP contribution in [0.4, 0.5) is 0 Å². The first-order valence-corrected chi connectivity index (χ1v) is 8.56. The minimum absolute atomic E-state index is 0. The smallest absolute Gasteiger partial charge is 0.188 e. The molecule has 0 amide bonds. The average molecular weight is 456 g/mol. The van der Waals surface area contributed by atoms with Crippen molar-refractivity contribution in [3.8, 4) is 0 Å². The number of nitrogens with zero attached hydrogens (tertiary/aromatic N) is 4. The molecule has 0 saturated heterocycles. The highest BCUT2D eigenvalue weighted by atomic mass is 127. The van der Waals surface area contributed by atoms with Gasteiger partial charge < -0.3 is 11.1 Å². The second kappa shape index (κ2) is 9.58. The highest BCUT2D eigenvalue weighted by Gasteiger charge is 2.03. The third-order valence-electron chi connectivity index (χ3n) is 3.48. The van der Waals surface area contributed by atoms with Crippen molar-refractivity contribution in [2.45, 2.75) is 19.3 Å². The van der Waals surface area contributed by atoms with Gasteiger partial charge in [-0.25, -0.2) is 0 Å². The number of halogens is 1. The molecule has 0 bridgehead atoms. The quantitative estimate of drug-likeness (QED) is 0.248. The van der Waals surface area contributed by atoms with Gasteiger partial charge in [0.25, 0.3) is 0 Å². The lowest BCUT2D eigenvalue weighted by molar-refractivity contribution is 0.763. The molecule has 0 saturated carbocycles. The molecule has 128 valence electrons. The molecule has 0 radical (unpaired) electrons. The van der Waals surface area contributed by atoms with E-state index in [2.05, 4.69) is 38.0 Å². The zero-order valence-corrected chi connectivity index (χ0v) is 16.4. The Bertz CT molecular complexity index is 768. The number of aryl methyl sites for hydroxylation is 1. The summed E-state index contributed by atoms with van der Waals surface area (Å²) in [6.07, 6.45) is 4.67. The second-order valence-electron chi connectivity index (χ2n) is 5.17. The highest BCUT2D eigenvalue weighted by molar-refractivity contribution is 14.0. The zero-order valence-electron chi connectivity index (χ0n) is 13.3. The number of hydrogen-bond donors (Lipinski definition) is 2. The number of pyridine rings is 1. The van der Waals surface area contributed by atoms with Gasteiger partial charge in [0.05, 0.1) is 0 Å². The topological polar surface area (TPSA) is 80.6 Å². The number of thiophene rings is 1. The summed E-state index contributed by atoms with van der Waals surface area (Å²) in [7, 11) is 0. The molecule has 0 unspecified atom stereocenters. The normalized spacial score (nSPS) is 11.4. The Labute approximate surface area is 162 Å². The van der Waals surface area contributed by atoms with Crippen LogP contribution in [0.2, 0.25) is 0 Å². The molecule has 3 aromatic heterocycles. The van der Waals surface area contributed by atoms with Gasteiger partial charge in [0, 0.05) is 30.6 Å². The summed E-state index contributed by atoms with van der Waals surface area (Å²) in [5.74, 6) is 1.47. The SMILES string of the molecule is I.NC(=NCCCc1nnc2ccccn12)NCCc1cccs1. The van der Waals surface area contributed by atoms with Crippen molar-refractivity contribution in [3.63, 3.8) is 0 Å². The second-order valence-corrected chi connectivity index (χ2v) is 6.20. The van der Waals surface area contributed by atoms with Gasteiger partial charge in [-0.2, -0.15) is 0 Å². The molecule has 24 heavy (non-hydrogen) atoms. The monoisotopic (exact) mass is 456 g/mol. The number of nitrogens with two attached hydrogens (primary N) is 1. The predicted molar refractivity (Wildman–Crippen MR) is 109 cm³/mol. The Morgan fingerprint density at radius 1 is 1.21 bits per heavy atom. The van der Waals surface area contributed by atoms with E-state index in [1.165, 1.54) is 4.88 Å². The van der Waals surface area contributed by atoms with E-state index < -0.39 is 0 Å². The van der Waals surface area contributed by atoms with Crippen LogP contribution in [0.25, 0.3) is 5.65 Å². The van der Waals surface area contributed by atoms with Gasteiger partial charge in [0.1, 0.15) is 5.82 Å². The van der Waals surface area contributed by atoms with E-state index in [9.17, 15) is 0 Å². The largest absolute Gasteiger partial charge is 0.370 e. The zero-order chi connectivity index (χ0) is 15.9. The van der Waals surface area contributed by atoms with Crippen molar-refractivity contribution in [1.82, 2.24) is 19.9 Å². The summed E-state index contributed by atoms with van der Waals surface area (Å²) in [6, 6.07) is 10.1. The Morgan fingerprint density at radius 3 is 2.96 bits per heavy atom. The molecule has 3 heterocycles. The van der Waals surface area contributed by atoms with Crippen molar-refractivity contribution < 1.29 is 0 Å². The van der Waals surface area contributed by atoms with Crippen molar-refractivity contribution >= 4 is 46.9 Å². The Hall–Kier alpha value is -1.68. The van der Waals surface area contributed by atoms with Crippen LogP contribution in [0, 0.1) is 0 Å². The minimum atomic E-state index is 0. The van der Waals surface area contributed by atoms with Crippen molar-refractivity contribution in [2.24, 2.45) is 10.7 Å². The first-order valence-electron chi connectivity index (χ1n) is 7.68. The lowest BCUT2D eigenvalue weighted by Gasteiger charge is -2.04. The maximum absolute atomic E-state index is 5.87. The van der Waals surface area contributed by atoms with Crippen molar-refractivity contribution in [1.29, 1.82) is 0 Å². The number of guanidine groups is 1. The molecule has 0 aromatic carbocycles. The van der Waals surface area contributed by atoms with Crippen LogP contribution >= 0.6 is 35.3 Å². The standard InChI is InChI=1S/C16H20N6S.HI/c17-16(19-10-8-13-5-4-12-23-13)18-9-3-7-15-21-20-14-6-1-2-11-22(14)15;/h1-2,4-6,11-12H,3,7-10H2,(H3,17,18,19);1H. The minimum Gasteiger partial charge on any atom is -0.370 e. The third-order valence-corrected chi connectivity index (χ3v) is 4.42. The fourth-order valence-corrected chi connectivity index (χ4v) is 3.03. The molecule has 0 aliphatic carbocycles. The number of hydrogen-bond acceptors (Lipinski definition) is 4. The summed E-state index contributed by atoms with van der Waals surface area (Å²) in [4.78, 5) is 5.70. The van der Waals surface area contributed by atoms with E-state index in [1.807, 2.05) is 28.8 Å². The summed E-state index contributed by atoms with van der Waals surface area (Å²) in [6.45, 7) is 1.49. The Morgan fingerprint density at radius 2 is 2.12 bits per heavy atom. The van der Waals surface area contributed by atoms with Crippen LogP contribution in [-0.4, -0.2) is 33.6 Å². The molecular formula is C16H21IN6S. The number of nitrogens with one attached hydrogen (secondary N) is 1. The fraction of sp³-hybridized carbons (Fsp3) is 0.312. The molecule has 3 rings (SSSR count). The maximum Gasteiger partial charge on any atom is 0.188 e. The van der Waals surface area contributed by atoms with Gasteiger partial charge in [-0.05, 0) is 36.4 Å². The van der Waals surface area contributed by atoms with Gasteiger partial charge in [0.2, 0.25) is 0 Å². The number of aromatic nitrogens is 3. The van der Waals surface area contributed by atoms with Crippen LogP contribution in [-0.2, 0) is 12.8 Å². The van der Waals surface area contributed by atoms with Crippen LogP contribution in [0.3, 0.4) is 0 Å². The Balaban J connectivity index is 0.00000208. The highest BCUT2D eigenvalue weighted by Crippen LogP contribution is 2.08. The first kappa shape index (κ1) is 18.7. The molecule has 0 aliphatic rings. The Kier molecular flexibility index (Phi) is 7.44. The van der Waals surface area contributed by atoms with E-state index >= 15 is 0 Å². The van der Waals surface area contributed by atoms with Crippen molar-refractivity contribution in [3.05, 3.63) is 52.6 Å². The molecule has 0 atom stereocenters. The molecule has 0 fully saturated rings. The first-order chi connectivity index (χ1) is 11.3. The van der Waals surface area contributed by atoms with Crippen LogP contribution in [0.5, 0.6) is 0 Å². The maximum atomic E-state index is 5.87. The molecule has 6 nitrogen and oxygen atoms in total. The van der Waals surface area contributed by atoms with E-state index in [-0.39, 0.29) is 24.0 Å². The summed E-state index contributed by atoms with van der Waals surface area (Å²) >= 11 is 1.76. The van der Waals surface area contributed by atoms with Gasteiger partial charge in [-0.1, -0.05) is 12.1 Å². The predicted octanol–water partition coefficient (Wildman–Crippen LogP) is 2.49. The third kappa shape index (κ3) is 5.17. The number of fused-ring (bicyclic) bond motifs is 1. The van der Waals surface area contributed by atoms with Crippen molar-refractivity contribution in [2.75, 3.05) is 13.1 Å². The fourth-order valence-electron chi connectivity index (χ4n) is 2.32. The van der Waals surface area contributed by atoms with E-state index in [1.54, 1.807) is 11.3 Å². The lowest BCUT2D eigenvalue weighted by atomic mass is 10.3. The van der Waals surface area contributed by atoms with Crippen LogP contribution < -0.4 is 11.1 Å². The molecular weight excluding hydrogens is 435 g/mol. The molecule has 0 aliphatic heterocycles. The van der Waals surface area contributed by atoms with E-state index in [0.717, 1.165) is 37.3 Å². The molecule has 3 aromatic rings. The van der Waals surface area contributed by atoms with E-state index in [4.69, 9.17) is 5.73 Å². The molecule has 3 N–H and O–H groups in total. The summed E-state index contributed by atoms with van der Waals surface area (Å²) in [5.41, 5.74) is 6.75. The van der Waals surface area contributed by atoms with Crippen LogP contribution in [0.15, 0.2) is 46.9 Å². The molecule has 0 spiro atoms. The molecule has 8 heteroatoms. The summed E-state index contributed by atoms with van der Waals surface area (Å²) < 4.78 is 2.01. The lowest BCUT2D eigenvalue weighted by Crippen LogP contribution is -2.33. The van der Waals surface area contributed by atoms with Gasteiger partial charge >= 0.3 is 0 Å².